The summed E-state index contributed by atoms with van der Waals surface area (Å²) >= 11 is 0. The van der Waals surface area contributed by atoms with Crippen LogP contribution in [0.5, 0.6) is 0 Å². The van der Waals surface area contributed by atoms with Crippen molar-refractivity contribution in [2.24, 2.45) is 7.05 Å². The topological polar surface area (TPSA) is 93.0 Å². The van der Waals surface area contributed by atoms with E-state index in [1.165, 1.54) is 13.4 Å². The largest absolute Gasteiger partial charge is 0.351 e. The van der Waals surface area contributed by atoms with E-state index >= 15 is 0 Å². The second-order valence-corrected chi connectivity index (χ2v) is 7.83. The molecule has 8 nitrogen and oxygen atoms in total. The van der Waals surface area contributed by atoms with E-state index in [1.54, 1.807) is 23.0 Å². The van der Waals surface area contributed by atoms with E-state index in [1.807, 2.05) is 13.1 Å². The van der Waals surface area contributed by atoms with Crippen LogP contribution in [0.1, 0.15) is 11.1 Å². The van der Waals surface area contributed by atoms with Crippen LogP contribution >= 0.6 is 0 Å². The van der Waals surface area contributed by atoms with Crippen molar-refractivity contribution < 1.29 is 8.42 Å². The molecule has 0 saturated heterocycles. The number of aromatic nitrogens is 4. The number of rotatable bonds is 3. The van der Waals surface area contributed by atoms with Gasteiger partial charge >= 0.3 is 0 Å². The first-order chi connectivity index (χ1) is 12.0. The summed E-state index contributed by atoms with van der Waals surface area (Å²) in [6.45, 7) is 1.29. The van der Waals surface area contributed by atoms with Gasteiger partial charge in [0.1, 0.15) is 12.1 Å². The highest BCUT2D eigenvalue weighted by Crippen LogP contribution is 2.30. The summed E-state index contributed by atoms with van der Waals surface area (Å²) < 4.78 is 28.6. The number of hydrogen-bond donors (Lipinski definition) is 1. The summed E-state index contributed by atoms with van der Waals surface area (Å²) in [5.41, 5.74) is 2.66. The number of benzene rings is 1. The minimum Gasteiger partial charge on any atom is -0.351 e. The number of anilines is 1. The Morgan fingerprint density at radius 3 is 2.88 bits per heavy atom. The maximum absolute atomic E-state index is 12.2. The van der Waals surface area contributed by atoms with Crippen LogP contribution in [0.15, 0.2) is 35.6 Å². The standard InChI is InChI=1S/C16H18N6O2S/c1-17-25(23,24)14-5-3-4-11-9-22(7-6-12(11)14)16-13-8-20-21(2)15(13)18-10-19-16/h3-5,8,10,17H,6-7,9H2,1-2H3. The first-order valence-electron chi connectivity index (χ1n) is 7.93. The Labute approximate surface area is 145 Å². The van der Waals surface area contributed by atoms with Gasteiger partial charge in [-0.3, -0.25) is 4.68 Å². The van der Waals surface area contributed by atoms with Gasteiger partial charge in [-0.15, -0.1) is 0 Å². The van der Waals surface area contributed by atoms with Gasteiger partial charge in [-0.25, -0.2) is 23.1 Å². The Kier molecular flexibility index (Phi) is 3.69. The molecule has 0 aliphatic carbocycles. The van der Waals surface area contributed by atoms with Crippen LogP contribution < -0.4 is 9.62 Å². The van der Waals surface area contributed by atoms with Gasteiger partial charge in [-0.05, 0) is 30.7 Å². The van der Waals surface area contributed by atoms with E-state index in [2.05, 4.69) is 24.7 Å². The van der Waals surface area contributed by atoms with Crippen LogP contribution in [0, 0.1) is 0 Å². The van der Waals surface area contributed by atoms with Gasteiger partial charge in [0.2, 0.25) is 10.0 Å². The van der Waals surface area contributed by atoms with E-state index in [0.717, 1.165) is 28.0 Å². The van der Waals surface area contributed by atoms with Crippen molar-refractivity contribution in [2.45, 2.75) is 17.9 Å². The monoisotopic (exact) mass is 358 g/mol. The number of sulfonamides is 1. The second kappa shape index (κ2) is 5.78. The zero-order valence-corrected chi connectivity index (χ0v) is 14.8. The number of fused-ring (bicyclic) bond motifs is 2. The fraction of sp³-hybridized carbons (Fsp3) is 0.312. The van der Waals surface area contributed by atoms with E-state index in [-0.39, 0.29) is 0 Å². The van der Waals surface area contributed by atoms with Gasteiger partial charge in [-0.2, -0.15) is 5.10 Å². The molecule has 0 atom stereocenters. The molecule has 0 fully saturated rings. The van der Waals surface area contributed by atoms with Crippen molar-refractivity contribution in [1.82, 2.24) is 24.5 Å². The zero-order valence-electron chi connectivity index (χ0n) is 14.0. The fourth-order valence-electron chi connectivity index (χ4n) is 3.32. The molecule has 25 heavy (non-hydrogen) atoms. The highest BCUT2D eigenvalue weighted by Gasteiger charge is 2.25. The van der Waals surface area contributed by atoms with E-state index in [0.29, 0.717) is 24.4 Å². The molecule has 1 aromatic carbocycles. The molecule has 4 rings (SSSR count). The fourth-order valence-corrected chi connectivity index (χ4v) is 4.35. The van der Waals surface area contributed by atoms with E-state index in [4.69, 9.17) is 0 Å². The third kappa shape index (κ3) is 2.56. The molecule has 3 aromatic rings. The zero-order chi connectivity index (χ0) is 17.6. The van der Waals surface area contributed by atoms with Crippen molar-refractivity contribution in [3.8, 4) is 0 Å². The Morgan fingerprint density at radius 1 is 1.24 bits per heavy atom. The molecular formula is C16H18N6O2S. The Morgan fingerprint density at radius 2 is 2.08 bits per heavy atom. The number of aryl methyl sites for hydroxylation is 1. The molecule has 0 spiro atoms. The molecule has 1 aliphatic rings. The molecular weight excluding hydrogens is 340 g/mol. The lowest BCUT2D eigenvalue weighted by Crippen LogP contribution is -2.33. The average molecular weight is 358 g/mol. The highest BCUT2D eigenvalue weighted by atomic mass is 32.2. The smallest absolute Gasteiger partial charge is 0.240 e. The Balaban J connectivity index is 1.76. The second-order valence-electron chi connectivity index (χ2n) is 5.98. The van der Waals surface area contributed by atoms with Crippen molar-refractivity contribution in [3.05, 3.63) is 41.9 Å². The maximum atomic E-state index is 12.2. The molecule has 0 saturated carbocycles. The van der Waals surface area contributed by atoms with Crippen molar-refractivity contribution in [1.29, 1.82) is 0 Å². The van der Waals surface area contributed by atoms with Crippen LogP contribution in [0.2, 0.25) is 0 Å². The summed E-state index contributed by atoms with van der Waals surface area (Å²) in [5.74, 6) is 0.825. The lowest BCUT2D eigenvalue weighted by molar-refractivity contribution is 0.585. The minimum atomic E-state index is -3.46. The van der Waals surface area contributed by atoms with Crippen LogP contribution in [0.3, 0.4) is 0 Å². The molecule has 2 aromatic heterocycles. The summed E-state index contributed by atoms with van der Waals surface area (Å²) in [7, 11) is -0.179. The van der Waals surface area contributed by atoms with Crippen molar-refractivity contribution >= 4 is 26.9 Å². The number of nitrogens with one attached hydrogen (secondary N) is 1. The van der Waals surface area contributed by atoms with Crippen LogP contribution in [0.4, 0.5) is 5.82 Å². The first-order valence-corrected chi connectivity index (χ1v) is 9.41. The molecule has 0 bridgehead atoms. The SMILES string of the molecule is CNS(=O)(=O)c1cccc2c1CCN(c1ncnc3c1cnn3C)C2. The number of hydrogen-bond acceptors (Lipinski definition) is 6. The molecule has 1 N–H and O–H groups in total. The Bertz CT molecular complexity index is 1060. The van der Waals surface area contributed by atoms with Crippen molar-refractivity contribution in [3.63, 3.8) is 0 Å². The summed E-state index contributed by atoms with van der Waals surface area (Å²) in [6.07, 6.45) is 3.94. The van der Waals surface area contributed by atoms with Crippen molar-refractivity contribution in [2.75, 3.05) is 18.5 Å². The van der Waals surface area contributed by atoms with Gasteiger partial charge in [0.15, 0.2) is 5.65 Å². The summed E-state index contributed by atoms with van der Waals surface area (Å²) in [6, 6.07) is 5.41. The molecule has 9 heteroatoms. The predicted octanol–water partition coefficient (Wildman–Crippen LogP) is 0.834. The lowest BCUT2D eigenvalue weighted by atomic mass is 9.99. The van der Waals surface area contributed by atoms with Crippen LogP contribution in [-0.4, -0.2) is 41.8 Å². The molecule has 0 amide bonds. The van der Waals surface area contributed by atoms with E-state index < -0.39 is 10.0 Å². The quantitative estimate of drug-likeness (QED) is 0.746. The van der Waals surface area contributed by atoms with Gasteiger partial charge in [0, 0.05) is 20.1 Å². The van der Waals surface area contributed by atoms with Gasteiger partial charge in [0.05, 0.1) is 16.5 Å². The summed E-state index contributed by atoms with van der Waals surface area (Å²) in [5, 5.41) is 5.15. The lowest BCUT2D eigenvalue weighted by Gasteiger charge is -2.31. The first kappa shape index (κ1) is 16.0. The van der Waals surface area contributed by atoms with Crippen LogP contribution in [-0.2, 0) is 30.0 Å². The minimum absolute atomic E-state index is 0.362. The Hall–Kier alpha value is -2.52. The number of nitrogens with zero attached hydrogens (tertiary/aromatic N) is 5. The predicted molar refractivity (Wildman–Crippen MR) is 93.7 cm³/mol. The average Bonchev–Trinajstić information content (AvgIpc) is 3.02. The molecule has 1 aliphatic heterocycles. The molecule has 3 heterocycles. The molecule has 130 valence electrons. The van der Waals surface area contributed by atoms with Crippen LogP contribution in [0.25, 0.3) is 11.0 Å². The molecule has 0 radical (unpaired) electrons. The normalized spacial score (nSPS) is 14.7. The van der Waals surface area contributed by atoms with Gasteiger partial charge < -0.3 is 4.90 Å². The maximum Gasteiger partial charge on any atom is 0.240 e. The van der Waals surface area contributed by atoms with E-state index in [9.17, 15) is 8.42 Å². The third-order valence-corrected chi connectivity index (χ3v) is 6.09. The summed E-state index contributed by atoms with van der Waals surface area (Å²) in [4.78, 5) is 11.2. The van der Waals surface area contributed by atoms with Gasteiger partial charge in [0.25, 0.3) is 0 Å². The highest BCUT2D eigenvalue weighted by molar-refractivity contribution is 7.89. The third-order valence-electron chi connectivity index (χ3n) is 4.59. The van der Waals surface area contributed by atoms with Gasteiger partial charge in [-0.1, -0.05) is 12.1 Å². The molecule has 0 unspecified atom stereocenters.